The van der Waals surface area contributed by atoms with Crippen molar-refractivity contribution in [2.45, 2.75) is 20.3 Å². The number of ether oxygens (including phenoxy) is 2. The molecule has 0 spiro atoms. The molecule has 0 radical (unpaired) electrons. The Balaban J connectivity index is 1.60. The monoisotopic (exact) mass is 420 g/mol. The third-order valence-corrected chi connectivity index (χ3v) is 5.25. The van der Waals surface area contributed by atoms with Gasteiger partial charge in [0.2, 0.25) is 11.8 Å². The zero-order valence-electron chi connectivity index (χ0n) is 17.6. The summed E-state index contributed by atoms with van der Waals surface area (Å²) in [5, 5.41) is 12.7. The van der Waals surface area contributed by atoms with Gasteiger partial charge in [-0.1, -0.05) is 0 Å². The Kier molecular flexibility index (Phi) is 6.00. The maximum absolute atomic E-state index is 13.0. The third kappa shape index (κ3) is 4.59. The fraction of sp³-hybridized carbons (Fsp3) is 0.364. The molecule has 0 unspecified atom stereocenters. The number of aromatic nitrogens is 3. The van der Waals surface area contributed by atoms with Crippen LogP contribution in [-0.2, 0) is 4.74 Å². The number of anilines is 2. The van der Waals surface area contributed by atoms with E-state index in [2.05, 4.69) is 20.3 Å². The normalized spacial score (nSPS) is 13.8. The van der Waals surface area contributed by atoms with Crippen molar-refractivity contribution in [2.24, 2.45) is 0 Å². The van der Waals surface area contributed by atoms with Gasteiger partial charge in [-0.3, -0.25) is 4.79 Å². The van der Waals surface area contributed by atoms with Crippen molar-refractivity contribution in [3.63, 3.8) is 0 Å². The summed E-state index contributed by atoms with van der Waals surface area (Å²) in [6.07, 6.45) is 0.230. The van der Waals surface area contributed by atoms with Gasteiger partial charge in [0, 0.05) is 41.4 Å². The Morgan fingerprint density at radius 2 is 2.10 bits per heavy atom. The minimum atomic E-state index is -0.355. The van der Waals surface area contributed by atoms with Crippen LogP contribution in [0.25, 0.3) is 10.9 Å². The highest BCUT2D eigenvalue weighted by atomic mass is 16.5. The van der Waals surface area contributed by atoms with Crippen molar-refractivity contribution in [3.8, 4) is 11.9 Å². The number of aryl methyl sites for hydroxylation is 2. The van der Waals surface area contributed by atoms with E-state index in [9.17, 15) is 4.79 Å². The molecule has 1 aliphatic rings. The summed E-state index contributed by atoms with van der Waals surface area (Å²) in [5.74, 6) is 0.325. The van der Waals surface area contributed by atoms with Crippen LogP contribution in [0.15, 0.2) is 24.3 Å². The molecule has 3 aromatic rings. The van der Waals surface area contributed by atoms with Gasteiger partial charge in [-0.05, 0) is 37.6 Å². The molecule has 2 N–H and O–H groups in total. The molecule has 4 rings (SSSR count). The number of hydrogen-bond donors (Lipinski definition) is 2. The second kappa shape index (κ2) is 9.02. The predicted octanol–water partition coefficient (Wildman–Crippen LogP) is 2.96. The molecule has 0 bridgehead atoms. The number of nitrogens with one attached hydrogen (secondary N) is 2. The van der Waals surface area contributed by atoms with Crippen LogP contribution in [0.5, 0.6) is 5.88 Å². The molecule has 3 heterocycles. The number of carbonyl (C=O) groups excluding carboxylic acids is 1. The number of carbonyl (C=O) groups is 1. The summed E-state index contributed by atoms with van der Waals surface area (Å²) in [6.45, 7) is 6.66. The lowest BCUT2D eigenvalue weighted by Gasteiger charge is -2.27. The first-order valence-electron chi connectivity index (χ1n) is 10.2. The summed E-state index contributed by atoms with van der Waals surface area (Å²) >= 11 is 0. The van der Waals surface area contributed by atoms with Crippen molar-refractivity contribution in [3.05, 3.63) is 41.2 Å². The van der Waals surface area contributed by atoms with E-state index in [0.717, 1.165) is 22.2 Å². The zero-order chi connectivity index (χ0) is 21.8. The largest absolute Gasteiger partial charge is 0.476 e. The van der Waals surface area contributed by atoms with E-state index in [-0.39, 0.29) is 30.5 Å². The average molecular weight is 420 g/mol. The van der Waals surface area contributed by atoms with E-state index < -0.39 is 0 Å². The average Bonchev–Trinajstić information content (AvgIpc) is 3.07. The van der Waals surface area contributed by atoms with Gasteiger partial charge in [-0.2, -0.15) is 10.2 Å². The van der Waals surface area contributed by atoms with Crippen molar-refractivity contribution in [1.82, 2.24) is 15.0 Å². The van der Waals surface area contributed by atoms with Crippen molar-refractivity contribution in [2.75, 3.05) is 43.1 Å². The van der Waals surface area contributed by atoms with Gasteiger partial charge in [0.15, 0.2) is 0 Å². The number of benzene rings is 1. The fourth-order valence-corrected chi connectivity index (χ4v) is 3.44. The van der Waals surface area contributed by atoms with Gasteiger partial charge in [0.05, 0.1) is 25.7 Å². The summed E-state index contributed by atoms with van der Waals surface area (Å²) in [5.41, 5.74) is 4.15. The van der Waals surface area contributed by atoms with E-state index in [1.165, 1.54) is 6.07 Å². The minimum absolute atomic E-state index is 0.194. The Morgan fingerprint density at radius 1 is 1.29 bits per heavy atom. The maximum Gasteiger partial charge on any atom is 0.274 e. The van der Waals surface area contributed by atoms with E-state index in [1.807, 2.05) is 43.0 Å². The van der Waals surface area contributed by atoms with Crippen LogP contribution >= 0.6 is 0 Å². The summed E-state index contributed by atoms with van der Waals surface area (Å²) in [7, 11) is 0. The fourth-order valence-electron chi connectivity index (χ4n) is 3.44. The molecule has 1 saturated heterocycles. The molecule has 1 aliphatic heterocycles. The van der Waals surface area contributed by atoms with Crippen LogP contribution in [0.2, 0.25) is 0 Å². The number of aromatic amines is 1. The summed E-state index contributed by atoms with van der Waals surface area (Å²) < 4.78 is 11.0. The molecule has 1 aromatic carbocycles. The lowest BCUT2D eigenvalue weighted by atomic mass is 10.1. The van der Waals surface area contributed by atoms with E-state index in [4.69, 9.17) is 14.7 Å². The zero-order valence-corrected chi connectivity index (χ0v) is 17.6. The molecule has 0 atom stereocenters. The second-order valence-corrected chi connectivity index (χ2v) is 7.34. The van der Waals surface area contributed by atoms with Gasteiger partial charge in [0.25, 0.3) is 5.91 Å². The van der Waals surface area contributed by atoms with Crippen LogP contribution in [0.4, 0.5) is 11.6 Å². The molecule has 0 saturated carbocycles. The smallest absolute Gasteiger partial charge is 0.274 e. The SMILES string of the molecule is Cc1[nH]c2ccc(NC(=O)c3cc(OCCC#N)nc(N4CCOCC4)n3)cc2c1C. The minimum Gasteiger partial charge on any atom is -0.476 e. The van der Waals surface area contributed by atoms with Crippen molar-refractivity contribution >= 4 is 28.4 Å². The summed E-state index contributed by atoms with van der Waals surface area (Å²) in [6, 6.07) is 9.27. The first kappa shape index (κ1) is 20.6. The number of hydrogen-bond acceptors (Lipinski definition) is 7. The molecule has 1 fully saturated rings. The number of H-pyrrole nitrogens is 1. The van der Waals surface area contributed by atoms with E-state index >= 15 is 0 Å². The first-order chi connectivity index (χ1) is 15.0. The molecule has 2 aromatic heterocycles. The Labute approximate surface area is 180 Å². The van der Waals surface area contributed by atoms with Crippen LogP contribution in [0, 0.1) is 25.2 Å². The quantitative estimate of drug-likeness (QED) is 0.589. The standard InChI is InChI=1S/C22H24N6O3/c1-14-15(2)24-18-5-4-16(12-17(14)18)25-21(29)19-13-20(31-9-3-6-23)27-22(26-19)28-7-10-30-11-8-28/h4-5,12-13,24H,3,7-11H2,1-2H3,(H,25,29). The lowest BCUT2D eigenvalue weighted by molar-refractivity contribution is 0.102. The van der Waals surface area contributed by atoms with Gasteiger partial charge >= 0.3 is 0 Å². The first-order valence-corrected chi connectivity index (χ1v) is 10.2. The molecular formula is C22H24N6O3. The van der Waals surface area contributed by atoms with Crippen LogP contribution in [0.3, 0.4) is 0 Å². The van der Waals surface area contributed by atoms with Crippen LogP contribution in [0.1, 0.15) is 28.2 Å². The highest BCUT2D eigenvalue weighted by Crippen LogP contribution is 2.25. The molecule has 0 aliphatic carbocycles. The highest BCUT2D eigenvalue weighted by molar-refractivity contribution is 6.04. The Bertz CT molecular complexity index is 1140. The molecule has 9 nitrogen and oxygen atoms in total. The van der Waals surface area contributed by atoms with Gasteiger partial charge in [-0.25, -0.2) is 4.98 Å². The van der Waals surface area contributed by atoms with Crippen LogP contribution < -0.4 is 15.0 Å². The molecular weight excluding hydrogens is 396 g/mol. The molecule has 31 heavy (non-hydrogen) atoms. The number of fused-ring (bicyclic) bond motifs is 1. The van der Waals surface area contributed by atoms with Crippen molar-refractivity contribution in [1.29, 1.82) is 5.26 Å². The van der Waals surface area contributed by atoms with Crippen LogP contribution in [-0.4, -0.2) is 53.8 Å². The van der Waals surface area contributed by atoms with Gasteiger partial charge in [-0.15, -0.1) is 0 Å². The van der Waals surface area contributed by atoms with Crippen molar-refractivity contribution < 1.29 is 14.3 Å². The Hall–Kier alpha value is -3.64. The van der Waals surface area contributed by atoms with Gasteiger partial charge < -0.3 is 24.7 Å². The lowest BCUT2D eigenvalue weighted by Crippen LogP contribution is -2.37. The maximum atomic E-state index is 13.0. The number of nitriles is 1. The molecule has 9 heteroatoms. The highest BCUT2D eigenvalue weighted by Gasteiger charge is 2.19. The van der Waals surface area contributed by atoms with E-state index in [0.29, 0.717) is 37.9 Å². The topological polar surface area (TPSA) is 116 Å². The summed E-state index contributed by atoms with van der Waals surface area (Å²) in [4.78, 5) is 27.2. The molecule has 1 amide bonds. The second-order valence-electron chi connectivity index (χ2n) is 7.34. The Morgan fingerprint density at radius 3 is 2.87 bits per heavy atom. The number of morpholine rings is 1. The third-order valence-electron chi connectivity index (χ3n) is 5.25. The number of rotatable bonds is 6. The molecule has 160 valence electrons. The van der Waals surface area contributed by atoms with Gasteiger partial charge in [0.1, 0.15) is 12.3 Å². The van der Waals surface area contributed by atoms with E-state index in [1.54, 1.807) is 0 Å². The number of nitrogens with zero attached hydrogens (tertiary/aromatic N) is 4. The predicted molar refractivity (Wildman–Crippen MR) is 117 cm³/mol. The number of amides is 1.